The van der Waals surface area contributed by atoms with Gasteiger partial charge in [0.25, 0.3) is 5.91 Å². The molecule has 1 saturated heterocycles. The van der Waals surface area contributed by atoms with Gasteiger partial charge in [0.1, 0.15) is 0 Å². The van der Waals surface area contributed by atoms with E-state index in [1.54, 1.807) is 18.0 Å². The van der Waals surface area contributed by atoms with Gasteiger partial charge in [0.15, 0.2) is 11.4 Å². The molecular weight excluding hydrogens is 316 g/mol. The first-order valence-corrected chi connectivity index (χ1v) is 7.41. The number of benzene rings is 1. The number of amides is 1. The smallest absolute Gasteiger partial charge is 0.278 e. The van der Waals surface area contributed by atoms with Gasteiger partial charge in [0, 0.05) is 25.7 Å². The molecule has 1 aliphatic rings. The SMILES string of the molecule is COc1cn(-c2ccccc2)nc1C(=O)N1CCNC[C@H]1C.Cl. The molecule has 124 valence electrons. The molecule has 1 amide bonds. The summed E-state index contributed by atoms with van der Waals surface area (Å²) >= 11 is 0. The summed E-state index contributed by atoms with van der Waals surface area (Å²) in [6, 6.07) is 9.83. The molecule has 0 aliphatic carbocycles. The topological polar surface area (TPSA) is 59.4 Å². The molecule has 0 spiro atoms. The van der Waals surface area contributed by atoms with E-state index in [2.05, 4.69) is 10.4 Å². The molecule has 7 heteroatoms. The van der Waals surface area contributed by atoms with E-state index in [9.17, 15) is 4.79 Å². The maximum absolute atomic E-state index is 12.8. The zero-order chi connectivity index (χ0) is 15.5. The number of carbonyl (C=O) groups is 1. The van der Waals surface area contributed by atoms with Crippen LogP contribution in [0.2, 0.25) is 0 Å². The Hall–Kier alpha value is -2.05. The summed E-state index contributed by atoms with van der Waals surface area (Å²) < 4.78 is 7.03. The van der Waals surface area contributed by atoms with Crippen LogP contribution in [-0.4, -0.2) is 53.4 Å². The summed E-state index contributed by atoms with van der Waals surface area (Å²) in [5, 5.41) is 7.72. The molecule has 1 N–H and O–H groups in total. The number of carbonyl (C=O) groups excluding carboxylic acids is 1. The standard InChI is InChI=1S/C16H20N4O2.ClH/c1-12-10-17-8-9-19(12)16(21)15-14(22-2)11-20(18-15)13-6-4-3-5-7-13;/h3-7,11-12,17H,8-10H2,1-2H3;1H/t12-;/m1./s1. The highest BCUT2D eigenvalue weighted by atomic mass is 35.5. The van der Waals surface area contributed by atoms with Crippen LogP contribution >= 0.6 is 12.4 Å². The zero-order valence-corrected chi connectivity index (χ0v) is 14.0. The van der Waals surface area contributed by atoms with Crippen LogP contribution in [0.5, 0.6) is 5.75 Å². The van der Waals surface area contributed by atoms with Crippen LogP contribution in [0.15, 0.2) is 36.5 Å². The van der Waals surface area contributed by atoms with Crippen LogP contribution in [0.25, 0.3) is 5.69 Å². The molecule has 1 fully saturated rings. The van der Waals surface area contributed by atoms with Crippen LogP contribution in [0.1, 0.15) is 17.4 Å². The normalized spacial score (nSPS) is 17.5. The van der Waals surface area contributed by atoms with Gasteiger partial charge in [-0.2, -0.15) is 5.10 Å². The molecule has 1 aromatic heterocycles. The molecule has 0 saturated carbocycles. The summed E-state index contributed by atoms with van der Waals surface area (Å²) in [7, 11) is 1.56. The van der Waals surface area contributed by atoms with Gasteiger partial charge in [0.05, 0.1) is 19.0 Å². The molecule has 1 atom stereocenters. The van der Waals surface area contributed by atoms with Crippen molar-refractivity contribution in [1.82, 2.24) is 20.0 Å². The van der Waals surface area contributed by atoms with Crippen molar-refractivity contribution in [2.75, 3.05) is 26.7 Å². The van der Waals surface area contributed by atoms with Gasteiger partial charge in [-0.15, -0.1) is 12.4 Å². The Kier molecular flexibility index (Phi) is 5.63. The van der Waals surface area contributed by atoms with Gasteiger partial charge in [0.2, 0.25) is 0 Å². The van der Waals surface area contributed by atoms with Gasteiger partial charge in [-0.05, 0) is 19.1 Å². The van der Waals surface area contributed by atoms with E-state index < -0.39 is 0 Å². The Morgan fingerprint density at radius 2 is 2.09 bits per heavy atom. The lowest BCUT2D eigenvalue weighted by molar-refractivity contribution is 0.0646. The molecule has 1 aliphatic heterocycles. The number of para-hydroxylation sites is 1. The van der Waals surface area contributed by atoms with Crippen LogP contribution in [0.4, 0.5) is 0 Å². The molecule has 6 nitrogen and oxygen atoms in total. The summed E-state index contributed by atoms with van der Waals surface area (Å²) in [4.78, 5) is 14.6. The van der Waals surface area contributed by atoms with Crippen LogP contribution in [0.3, 0.4) is 0 Å². The van der Waals surface area contributed by atoms with Crippen molar-refractivity contribution in [3.63, 3.8) is 0 Å². The monoisotopic (exact) mass is 336 g/mol. The third kappa shape index (κ3) is 3.48. The molecule has 0 bridgehead atoms. The number of halogens is 1. The second-order valence-corrected chi connectivity index (χ2v) is 5.38. The van der Waals surface area contributed by atoms with Crippen LogP contribution < -0.4 is 10.1 Å². The first-order chi connectivity index (χ1) is 10.7. The van der Waals surface area contributed by atoms with Crippen molar-refractivity contribution in [2.24, 2.45) is 0 Å². The minimum absolute atomic E-state index is 0. The van der Waals surface area contributed by atoms with E-state index in [0.717, 1.165) is 18.8 Å². The summed E-state index contributed by atoms with van der Waals surface area (Å²) in [5.74, 6) is 0.417. The van der Waals surface area contributed by atoms with Crippen LogP contribution in [-0.2, 0) is 0 Å². The number of ether oxygens (including phenoxy) is 1. The molecule has 0 unspecified atom stereocenters. The average molecular weight is 337 g/mol. The fourth-order valence-corrected chi connectivity index (χ4v) is 2.65. The molecule has 2 heterocycles. The fraction of sp³-hybridized carbons (Fsp3) is 0.375. The quantitative estimate of drug-likeness (QED) is 0.927. The second-order valence-electron chi connectivity index (χ2n) is 5.38. The van der Waals surface area contributed by atoms with Crippen molar-refractivity contribution < 1.29 is 9.53 Å². The summed E-state index contributed by atoms with van der Waals surface area (Å²) in [6.07, 6.45) is 1.75. The first kappa shape index (κ1) is 17.3. The predicted octanol–water partition coefficient (Wildman–Crippen LogP) is 1.74. The van der Waals surface area contributed by atoms with Crippen molar-refractivity contribution in [2.45, 2.75) is 13.0 Å². The minimum atomic E-state index is -0.0828. The molecular formula is C16H21ClN4O2. The molecule has 0 radical (unpaired) electrons. The summed E-state index contributed by atoms with van der Waals surface area (Å²) in [5.41, 5.74) is 1.26. The van der Waals surface area contributed by atoms with E-state index in [4.69, 9.17) is 4.74 Å². The van der Waals surface area contributed by atoms with E-state index in [1.807, 2.05) is 42.2 Å². The summed E-state index contributed by atoms with van der Waals surface area (Å²) in [6.45, 7) is 4.32. The van der Waals surface area contributed by atoms with Gasteiger partial charge in [-0.25, -0.2) is 4.68 Å². The number of methoxy groups -OCH3 is 1. The molecule has 2 aromatic rings. The average Bonchev–Trinajstić information content (AvgIpc) is 3.00. The highest BCUT2D eigenvalue weighted by molar-refractivity contribution is 5.95. The highest BCUT2D eigenvalue weighted by Gasteiger charge is 2.28. The number of hydrogen-bond acceptors (Lipinski definition) is 4. The molecule has 1 aromatic carbocycles. The Morgan fingerprint density at radius 1 is 1.35 bits per heavy atom. The van der Waals surface area contributed by atoms with E-state index in [0.29, 0.717) is 18.0 Å². The lowest BCUT2D eigenvalue weighted by Crippen LogP contribution is -2.52. The number of nitrogens with zero attached hydrogens (tertiary/aromatic N) is 3. The fourth-order valence-electron chi connectivity index (χ4n) is 2.65. The maximum atomic E-state index is 12.8. The largest absolute Gasteiger partial charge is 0.493 e. The Labute approximate surface area is 141 Å². The third-order valence-corrected chi connectivity index (χ3v) is 3.89. The zero-order valence-electron chi connectivity index (χ0n) is 13.2. The highest BCUT2D eigenvalue weighted by Crippen LogP contribution is 2.22. The Balaban J connectivity index is 0.00000192. The van der Waals surface area contributed by atoms with Gasteiger partial charge < -0.3 is 15.0 Å². The number of piperazine rings is 1. The second kappa shape index (κ2) is 7.48. The van der Waals surface area contributed by atoms with Crippen molar-refractivity contribution in [3.05, 3.63) is 42.2 Å². The maximum Gasteiger partial charge on any atom is 0.278 e. The molecule has 3 rings (SSSR count). The predicted molar refractivity (Wildman–Crippen MR) is 90.7 cm³/mol. The van der Waals surface area contributed by atoms with Gasteiger partial charge >= 0.3 is 0 Å². The third-order valence-electron chi connectivity index (χ3n) is 3.89. The van der Waals surface area contributed by atoms with Gasteiger partial charge in [-0.3, -0.25) is 4.79 Å². The van der Waals surface area contributed by atoms with E-state index in [-0.39, 0.29) is 24.4 Å². The van der Waals surface area contributed by atoms with E-state index in [1.165, 1.54) is 0 Å². The van der Waals surface area contributed by atoms with Crippen molar-refractivity contribution >= 4 is 18.3 Å². The number of nitrogens with one attached hydrogen (secondary N) is 1. The van der Waals surface area contributed by atoms with Gasteiger partial charge in [-0.1, -0.05) is 18.2 Å². The minimum Gasteiger partial charge on any atom is -0.493 e. The Bertz CT molecular complexity index is 659. The van der Waals surface area contributed by atoms with Crippen molar-refractivity contribution in [3.8, 4) is 11.4 Å². The molecule has 23 heavy (non-hydrogen) atoms. The number of rotatable bonds is 3. The number of hydrogen-bond donors (Lipinski definition) is 1. The Morgan fingerprint density at radius 3 is 2.74 bits per heavy atom. The lowest BCUT2D eigenvalue weighted by Gasteiger charge is -2.33. The van der Waals surface area contributed by atoms with E-state index >= 15 is 0 Å². The first-order valence-electron chi connectivity index (χ1n) is 7.41. The van der Waals surface area contributed by atoms with Crippen LogP contribution in [0, 0.1) is 0 Å². The van der Waals surface area contributed by atoms with Crippen molar-refractivity contribution in [1.29, 1.82) is 0 Å². The lowest BCUT2D eigenvalue weighted by atomic mass is 10.2. The number of aromatic nitrogens is 2.